The van der Waals surface area contributed by atoms with Crippen LogP contribution in [0.1, 0.15) is 38.7 Å². The molecule has 0 aliphatic carbocycles. The normalized spacial score (nSPS) is 18.6. The summed E-state index contributed by atoms with van der Waals surface area (Å²) < 4.78 is 14.0. The van der Waals surface area contributed by atoms with Crippen molar-refractivity contribution in [3.8, 4) is 0 Å². The van der Waals surface area contributed by atoms with Crippen LogP contribution in [0.25, 0.3) is 0 Å². The Balaban J connectivity index is 2.17. The molecule has 1 aromatic rings. The number of hydrogen-bond acceptors (Lipinski definition) is 2. The number of piperidine rings is 1. The summed E-state index contributed by atoms with van der Waals surface area (Å²) in [6, 6.07) is 5.37. The molecule has 0 amide bonds. The molecular weight excluding hydrogens is 239 g/mol. The summed E-state index contributed by atoms with van der Waals surface area (Å²) >= 11 is 0. The lowest BCUT2D eigenvalue weighted by Crippen LogP contribution is -2.34. The van der Waals surface area contributed by atoms with Crippen LogP contribution in [0, 0.1) is 11.7 Å². The molecule has 1 heterocycles. The van der Waals surface area contributed by atoms with Crippen molar-refractivity contribution in [3.63, 3.8) is 0 Å². The SMILES string of the molecule is CCC1CCN(c2cccc(F)c2CC(C)N)CC1. The van der Waals surface area contributed by atoms with Gasteiger partial charge in [-0.1, -0.05) is 19.4 Å². The summed E-state index contributed by atoms with van der Waals surface area (Å²) in [6.07, 6.45) is 4.29. The van der Waals surface area contributed by atoms with Crippen molar-refractivity contribution in [1.29, 1.82) is 0 Å². The minimum absolute atomic E-state index is 0.0103. The second-order valence-corrected chi connectivity index (χ2v) is 5.76. The van der Waals surface area contributed by atoms with E-state index in [0.717, 1.165) is 30.3 Å². The molecule has 1 saturated heterocycles. The number of rotatable bonds is 4. The van der Waals surface area contributed by atoms with Gasteiger partial charge in [0.15, 0.2) is 0 Å². The Kier molecular flexibility index (Phi) is 4.81. The summed E-state index contributed by atoms with van der Waals surface area (Å²) in [5, 5.41) is 0. The molecule has 0 bridgehead atoms. The maximum absolute atomic E-state index is 14.0. The monoisotopic (exact) mass is 264 g/mol. The molecule has 2 N–H and O–H groups in total. The Hall–Kier alpha value is -1.09. The molecule has 0 spiro atoms. The predicted molar refractivity (Wildman–Crippen MR) is 79.0 cm³/mol. The lowest BCUT2D eigenvalue weighted by Gasteiger charge is -2.34. The molecule has 1 fully saturated rings. The molecule has 19 heavy (non-hydrogen) atoms. The van der Waals surface area contributed by atoms with E-state index in [1.807, 2.05) is 13.0 Å². The maximum atomic E-state index is 14.0. The third kappa shape index (κ3) is 3.47. The van der Waals surface area contributed by atoms with Gasteiger partial charge in [0, 0.05) is 30.4 Å². The molecule has 0 radical (unpaired) electrons. The Labute approximate surface area is 115 Å². The fraction of sp³-hybridized carbons (Fsp3) is 0.625. The van der Waals surface area contributed by atoms with Crippen LogP contribution in [0.3, 0.4) is 0 Å². The molecule has 2 nitrogen and oxygen atoms in total. The second-order valence-electron chi connectivity index (χ2n) is 5.76. The van der Waals surface area contributed by atoms with E-state index in [2.05, 4.69) is 11.8 Å². The highest BCUT2D eigenvalue weighted by molar-refractivity contribution is 5.54. The fourth-order valence-corrected chi connectivity index (χ4v) is 2.95. The van der Waals surface area contributed by atoms with Gasteiger partial charge in [-0.3, -0.25) is 0 Å². The van der Waals surface area contributed by atoms with E-state index in [4.69, 9.17) is 5.73 Å². The molecule has 1 aliphatic rings. The van der Waals surface area contributed by atoms with E-state index in [9.17, 15) is 4.39 Å². The van der Waals surface area contributed by atoms with Crippen LogP contribution in [0.5, 0.6) is 0 Å². The molecule has 0 aromatic heterocycles. The van der Waals surface area contributed by atoms with Gasteiger partial charge in [0.2, 0.25) is 0 Å². The third-order valence-electron chi connectivity index (χ3n) is 4.15. The van der Waals surface area contributed by atoms with Crippen LogP contribution in [0.4, 0.5) is 10.1 Å². The average molecular weight is 264 g/mol. The van der Waals surface area contributed by atoms with Gasteiger partial charge in [-0.05, 0) is 44.2 Å². The molecule has 1 aromatic carbocycles. The lowest BCUT2D eigenvalue weighted by atomic mass is 9.93. The maximum Gasteiger partial charge on any atom is 0.128 e. The first-order chi connectivity index (χ1) is 9.11. The van der Waals surface area contributed by atoms with Crippen LogP contribution in [0.15, 0.2) is 18.2 Å². The predicted octanol–water partition coefficient (Wildman–Crippen LogP) is 3.34. The van der Waals surface area contributed by atoms with Crippen molar-refractivity contribution >= 4 is 5.69 Å². The second kappa shape index (κ2) is 6.38. The van der Waals surface area contributed by atoms with E-state index in [1.54, 1.807) is 12.1 Å². The largest absolute Gasteiger partial charge is 0.371 e. The van der Waals surface area contributed by atoms with Crippen LogP contribution in [-0.2, 0) is 6.42 Å². The third-order valence-corrected chi connectivity index (χ3v) is 4.15. The Morgan fingerprint density at radius 2 is 2.05 bits per heavy atom. The van der Waals surface area contributed by atoms with Crippen molar-refractivity contribution < 1.29 is 4.39 Å². The first kappa shape index (κ1) is 14.3. The summed E-state index contributed by atoms with van der Waals surface area (Å²) in [7, 11) is 0. The van der Waals surface area contributed by atoms with Gasteiger partial charge in [-0.25, -0.2) is 4.39 Å². The van der Waals surface area contributed by atoms with Gasteiger partial charge < -0.3 is 10.6 Å². The summed E-state index contributed by atoms with van der Waals surface area (Å²) in [6.45, 7) is 6.26. The summed E-state index contributed by atoms with van der Waals surface area (Å²) in [5.74, 6) is 0.717. The van der Waals surface area contributed by atoms with E-state index >= 15 is 0 Å². The van der Waals surface area contributed by atoms with Crippen molar-refractivity contribution in [3.05, 3.63) is 29.6 Å². The fourth-order valence-electron chi connectivity index (χ4n) is 2.95. The zero-order chi connectivity index (χ0) is 13.8. The standard InChI is InChI=1S/C16H25FN2/c1-3-13-7-9-19(10-8-13)16-6-4-5-15(17)14(16)11-12(2)18/h4-6,12-13H,3,7-11,18H2,1-2H3. The van der Waals surface area contributed by atoms with E-state index < -0.39 is 0 Å². The number of hydrogen-bond donors (Lipinski definition) is 1. The highest BCUT2D eigenvalue weighted by Gasteiger charge is 2.21. The first-order valence-electron chi connectivity index (χ1n) is 7.39. The van der Waals surface area contributed by atoms with Gasteiger partial charge in [-0.15, -0.1) is 0 Å². The number of nitrogens with two attached hydrogens (primary N) is 1. The molecule has 1 aliphatic heterocycles. The van der Waals surface area contributed by atoms with E-state index in [0.29, 0.717) is 6.42 Å². The average Bonchev–Trinajstić information content (AvgIpc) is 2.41. The summed E-state index contributed by atoms with van der Waals surface area (Å²) in [5.41, 5.74) is 7.68. The van der Waals surface area contributed by atoms with Crippen molar-refractivity contribution in [2.75, 3.05) is 18.0 Å². The van der Waals surface area contributed by atoms with E-state index in [-0.39, 0.29) is 11.9 Å². The van der Waals surface area contributed by atoms with Gasteiger partial charge >= 0.3 is 0 Å². The molecular formula is C16H25FN2. The quantitative estimate of drug-likeness (QED) is 0.903. The zero-order valence-corrected chi connectivity index (χ0v) is 12.0. The molecule has 0 saturated carbocycles. The van der Waals surface area contributed by atoms with Gasteiger partial charge in [0.05, 0.1) is 0 Å². The highest BCUT2D eigenvalue weighted by Crippen LogP contribution is 2.29. The van der Waals surface area contributed by atoms with Crippen LogP contribution in [-0.4, -0.2) is 19.1 Å². The highest BCUT2D eigenvalue weighted by atomic mass is 19.1. The lowest BCUT2D eigenvalue weighted by molar-refractivity contribution is 0.394. The van der Waals surface area contributed by atoms with Crippen molar-refractivity contribution in [2.45, 2.75) is 45.6 Å². The molecule has 1 atom stereocenters. The minimum Gasteiger partial charge on any atom is -0.371 e. The number of nitrogens with zero attached hydrogens (tertiary/aromatic N) is 1. The van der Waals surface area contributed by atoms with Crippen molar-refractivity contribution in [1.82, 2.24) is 0 Å². The van der Waals surface area contributed by atoms with Gasteiger partial charge in [-0.2, -0.15) is 0 Å². The van der Waals surface area contributed by atoms with Crippen molar-refractivity contribution in [2.24, 2.45) is 11.7 Å². The van der Waals surface area contributed by atoms with Gasteiger partial charge in [0.25, 0.3) is 0 Å². The van der Waals surface area contributed by atoms with Crippen LogP contribution in [0.2, 0.25) is 0 Å². The van der Waals surface area contributed by atoms with E-state index in [1.165, 1.54) is 19.3 Å². The molecule has 3 heteroatoms. The number of anilines is 1. The number of benzene rings is 1. The molecule has 106 valence electrons. The Morgan fingerprint density at radius 1 is 1.37 bits per heavy atom. The Morgan fingerprint density at radius 3 is 2.63 bits per heavy atom. The minimum atomic E-state index is -0.118. The number of halogens is 1. The summed E-state index contributed by atoms with van der Waals surface area (Å²) in [4.78, 5) is 2.33. The zero-order valence-electron chi connectivity index (χ0n) is 12.0. The molecule has 2 rings (SSSR count). The Bertz CT molecular complexity index is 409. The van der Waals surface area contributed by atoms with Crippen LogP contribution < -0.4 is 10.6 Å². The van der Waals surface area contributed by atoms with Crippen LogP contribution >= 0.6 is 0 Å². The first-order valence-corrected chi connectivity index (χ1v) is 7.39. The van der Waals surface area contributed by atoms with Gasteiger partial charge in [0.1, 0.15) is 5.82 Å². The smallest absolute Gasteiger partial charge is 0.128 e. The molecule has 1 unspecified atom stereocenters. The topological polar surface area (TPSA) is 29.3 Å².